The van der Waals surface area contributed by atoms with Gasteiger partial charge < -0.3 is 20.1 Å². The highest BCUT2D eigenvalue weighted by molar-refractivity contribution is 6.30. The number of amides is 2. The van der Waals surface area contributed by atoms with Crippen LogP contribution in [-0.4, -0.2) is 35.7 Å². The van der Waals surface area contributed by atoms with E-state index in [0.717, 1.165) is 5.56 Å². The second-order valence-electron chi connectivity index (χ2n) is 7.71. The average Bonchev–Trinajstić information content (AvgIpc) is 2.81. The zero-order valence-electron chi connectivity index (χ0n) is 19.0. The van der Waals surface area contributed by atoms with Crippen molar-refractivity contribution < 1.29 is 23.8 Å². The molecule has 3 rings (SSSR count). The molecule has 0 aliphatic rings. The van der Waals surface area contributed by atoms with Crippen molar-refractivity contribution in [2.24, 2.45) is 0 Å². The summed E-state index contributed by atoms with van der Waals surface area (Å²) in [5.41, 5.74) is 3.37. The third-order valence-corrected chi connectivity index (χ3v) is 5.62. The van der Waals surface area contributed by atoms with E-state index >= 15 is 0 Å². The lowest BCUT2D eigenvalue weighted by Gasteiger charge is -2.24. The molecule has 0 fully saturated rings. The molecule has 0 bridgehead atoms. The number of carbonyl (C=O) groups is 2. The minimum atomic E-state index is -0.954. The molecule has 2 N–H and O–H groups in total. The molecular formula is C26H26ClFN2O4. The topological polar surface area (TPSA) is 78.9 Å². The van der Waals surface area contributed by atoms with Crippen molar-refractivity contribution in [3.05, 3.63) is 88.2 Å². The highest BCUT2D eigenvalue weighted by Gasteiger charge is 2.18. The third kappa shape index (κ3) is 6.48. The maximum Gasteiger partial charge on any atom is 0.317 e. The van der Waals surface area contributed by atoms with E-state index in [-0.39, 0.29) is 19.0 Å². The summed E-state index contributed by atoms with van der Waals surface area (Å²) in [6.07, 6.45) is -0.151. The fraction of sp³-hybridized carbons (Fsp3) is 0.231. The lowest BCUT2D eigenvalue weighted by molar-refractivity contribution is -0.136. The summed E-state index contributed by atoms with van der Waals surface area (Å²) in [6.45, 7) is 2.73. The fourth-order valence-corrected chi connectivity index (χ4v) is 3.76. The summed E-state index contributed by atoms with van der Waals surface area (Å²) in [7, 11) is 1.52. The molecule has 0 atom stereocenters. The molecule has 34 heavy (non-hydrogen) atoms. The van der Waals surface area contributed by atoms with Gasteiger partial charge >= 0.3 is 12.0 Å². The molecule has 178 valence electrons. The summed E-state index contributed by atoms with van der Waals surface area (Å²) in [5, 5.41) is 12.7. The maximum absolute atomic E-state index is 14.2. The van der Waals surface area contributed by atoms with Gasteiger partial charge in [-0.2, -0.15) is 0 Å². The Bertz CT molecular complexity index is 1170. The van der Waals surface area contributed by atoms with Crippen LogP contribution < -0.4 is 10.1 Å². The van der Waals surface area contributed by atoms with Crippen LogP contribution in [0, 0.1) is 5.82 Å². The number of urea groups is 1. The standard InChI is InChI=1S/C26H26ClFN2O4/c1-3-30(26(33)29-15-17-4-7-20(27)8-5-17)16-19-14-21(28)9-10-22(19)23-12-18(13-25(31)32)6-11-24(23)34-2/h4-12,14H,3,13,15-16H2,1-2H3,(H,29,33)(H,31,32). The smallest absolute Gasteiger partial charge is 0.317 e. The van der Waals surface area contributed by atoms with Crippen molar-refractivity contribution in [2.45, 2.75) is 26.4 Å². The van der Waals surface area contributed by atoms with Gasteiger partial charge in [-0.05, 0) is 65.6 Å². The van der Waals surface area contributed by atoms with Crippen molar-refractivity contribution in [1.29, 1.82) is 0 Å². The molecule has 0 saturated heterocycles. The number of benzene rings is 3. The van der Waals surface area contributed by atoms with Gasteiger partial charge in [0.15, 0.2) is 0 Å². The third-order valence-electron chi connectivity index (χ3n) is 5.36. The van der Waals surface area contributed by atoms with E-state index in [1.54, 1.807) is 41.3 Å². The molecule has 0 unspecified atom stereocenters. The second kappa shape index (κ2) is 11.5. The van der Waals surface area contributed by atoms with Crippen LogP contribution in [0.4, 0.5) is 9.18 Å². The Kier molecular flexibility index (Phi) is 8.49. The molecule has 0 aliphatic heterocycles. The van der Waals surface area contributed by atoms with Crippen molar-refractivity contribution in [2.75, 3.05) is 13.7 Å². The van der Waals surface area contributed by atoms with Gasteiger partial charge in [-0.15, -0.1) is 0 Å². The molecule has 8 heteroatoms. The lowest BCUT2D eigenvalue weighted by Crippen LogP contribution is -2.39. The van der Waals surface area contributed by atoms with Crippen LogP contribution in [0.15, 0.2) is 60.7 Å². The lowest BCUT2D eigenvalue weighted by atomic mass is 9.95. The normalized spacial score (nSPS) is 10.6. The van der Waals surface area contributed by atoms with Gasteiger partial charge in [-0.25, -0.2) is 9.18 Å². The van der Waals surface area contributed by atoms with Crippen LogP contribution in [0.3, 0.4) is 0 Å². The molecule has 0 saturated carbocycles. The Balaban J connectivity index is 1.87. The molecule has 0 aromatic heterocycles. The van der Waals surface area contributed by atoms with E-state index in [1.165, 1.54) is 19.2 Å². The number of methoxy groups -OCH3 is 1. The van der Waals surface area contributed by atoms with Crippen molar-refractivity contribution >= 4 is 23.6 Å². The van der Waals surface area contributed by atoms with Crippen LogP contribution >= 0.6 is 11.6 Å². The number of ether oxygens (including phenoxy) is 1. The van der Waals surface area contributed by atoms with E-state index in [0.29, 0.717) is 46.1 Å². The predicted octanol–water partition coefficient (Wildman–Crippen LogP) is 5.51. The minimum absolute atomic E-state index is 0.151. The van der Waals surface area contributed by atoms with Crippen LogP contribution in [-0.2, 0) is 24.3 Å². The largest absolute Gasteiger partial charge is 0.496 e. The van der Waals surface area contributed by atoms with Crippen LogP contribution in [0.25, 0.3) is 11.1 Å². The molecule has 0 aliphatic carbocycles. The van der Waals surface area contributed by atoms with Gasteiger partial charge in [0.1, 0.15) is 11.6 Å². The SMILES string of the molecule is CCN(Cc1cc(F)ccc1-c1cc(CC(=O)O)ccc1OC)C(=O)NCc1ccc(Cl)cc1. The molecule has 0 spiro atoms. The molecule has 0 radical (unpaired) electrons. The summed E-state index contributed by atoms with van der Waals surface area (Å²) < 4.78 is 19.7. The number of aliphatic carboxylic acids is 1. The Morgan fingerprint density at radius 1 is 1.03 bits per heavy atom. The van der Waals surface area contributed by atoms with Gasteiger partial charge in [0, 0.05) is 30.2 Å². The molecule has 0 heterocycles. The van der Waals surface area contributed by atoms with Gasteiger partial charge in [0.05, 0.1) is 13.5 Å². The number of hydrogen-bond acceptors (Lipinski definition) is 3. The van der Waals surface area contributed by atoms with Crippen LogP contribution in [0.5, 0.6) is 5.75 Å². The van der Waals surface area contributed by atoms with Gasteiger partial charge in [-0.3, -0.25) is 4.79 Å². The molecule has 3 aromatic carbocycles. The molecule has 2 amide bonds. The highest BCUT2D eigenvalue weighted by Crippen LogP contribution is 2.34. The number of halogens is 2. The minimum Gasteiger partial charge on any atom is -0.496 e. The Hall–Kier alpha value is -3.58. The number of hydrogen-bond donors (Lipinski definition) is 2. The number of carbonyl (C=O) groups excluding carboxylic acids is 1. The molecule has 3 aromatic rings. The Labute approximate surface area is 202 Å². The zero-order chi connectivity index (χ0) is 24.7. The summed E-state index contributed by atoms with van der Waals surface area (Å²) in [4.78, 5) is 25.6. The van der Waals surface area contributed by atoms with Crippen molar-refractivity contribution in [3.8, 4) is 16.9 Å². The summed E-state index contributed by atoms with van der Waals surface area (Å²) in [6, 6.07) is 16.3. The van der Waals surface area contributed by atoms with E-state index in [4.69, 9.17) is 21.4 Å². The van der Waals surface area contributed by atoms with E-state index in [2.05, 4.69) is 5.32 Å². The molecule has 6 nitrogen and oxygen atoms in total. The fourth-order valence-electron chi connectivity index (χ4n) is 3.63. The monoisotopic (exact) mass is 484 g/mol. The Morgan fingerprint density at radius 3 is 2.38 bits per heavy atom. The van der Waals surface area contributed by atoms with Gasteiger partial charge in [0.2, 0.25) is 0 Å². The first-order chi connectivity index (χ1) is 16.3. The predicted molar refractivity (Wildman–Crippen MR) is 129 cm³/mol. The molecular weight excluding hydrogens is 459 g/mol. The number of nitrogens with zero attached hydrogens (tertiary/aromatic N) is 1. The maximum atomic E-state index is 14.2. The number of carboxylic acid groups (broad SMARTS) is 1. The first-order valence-corrected chi connectivity index (χ1v) is 11.1. The van der Waals surface area contributed by atoms with E-state index < -0.39 is 11.8 Å². The van der Waals surface area contributed by atoms with E-state index in [9.17, 15) is 14.0 Å². The second-order valence-corrected chi connectivity index (χ2v) is 8.14. The zero-order valence-corrected chi connectivity index (χ0v) is 19.7. The van der Waals surface area contributed by atoms with Gasteiger partial charge in [0.25, 0.3) is 0 Å². The van der Waals surface area contributed by atoms with Crippen molar-refractivity contribution in [1.82, 2.24) is 10.2 Å². The number of nitrogens with one attached hydrogen (secondary N) is 1. The van der Waals surface area contributed by atoms with Gasteiger partial charge in [-0.1, -0.05) is 35.9 Å². The highest BCUT2D eigenvalue weighted by atomic mass is 35.5. The van der Waals surface area contributed by atoms with E-state index in [1.807, 2.05) is 19.1 Å². The Morgan fingerprint density at radius 2 is 1.74 bits per heavy atom. The first-order valence-electron chi connectivity index (χ1n) is 10.8. The van der Waals surface area contributed by atoms with Crippen LogP contribution in [0.2, 0.25) is 5.02 Å². The number of carboxylic acids is 1. The first kappa shape index (κ1) is 25.1. The van der Waals surface area contributed by atoms with Crippen LogP contribution in [0.1, 0.15) is 23.6 Å². The summed E-state index contributed by atoms with van der Waals surface area (Å²) >= 11 is 5.91. The van der Waals surface area contributed by atoms with Crippen molar-refractivity contribution in [3.63, 3.8) is 0 Å². The average molecular weight is 485 g/mol. The quantitative estimate of drug-likeness (QED) is 0.419. The summed E-state index contributed by atoms with van der Waals surface area (Å²) in [5.74, 6) is -0.862. The number of rotatable bonds is 9.